The zero-order valence-electron chi connectivity index (χ0n) is 18.6. The summed E-state index contributed by atoms with van der Waals surface area (Å²) in [6, 6.07) is 12.5. The molecule has 1 aliphatic rings. The second-order valence-electron chi connectivity index (χ2n) is 8.04. The summed E-state index contributed by atoms with van der Waals surface area (Å²) >= 11 is 0. The lowest BCUT2D eigenvalue weighted by Gasteiger charge is -2.40. The number of nitrogens with zero attached hydrogens (tertiary/aromatic N) is 5. The van der Waals surface area contributed by atoms with Crippen molar-refractivity contribution in [3.8, 4) is 17.1 Å². The van der Waals surface area contributed by atoms with E-state index in [4.69, 9.17) is 4.74 Å². The molecule has 7 nitrogen and oxygen atoms in total. The average Bonchev–Trinajstić information content (AvgIpc) is 2.84. The second-order valence-corrected chi connectivity index (χ2v) is 8.04. The molecule has 1 atom stereocenters. The predicted octanol–water partition coefficient (Wildman–Crippen LogP) is 3.21. The maximum atomic E-state index is 13.4. The van der Waals surface area contributed by atoms with Crippen molar-refractivity contribution in [1.82, 2.24) is 24.8 Å². The van der Waals surface area contributed by atoms with Gasteiger partial charge in [0.1, 0.15) is 0 Å². The van der Waals surface area contributed by atoms with Gasteiger partial charge in [0.05, 0.1) is 13.2 Å². The Hall–Kier alpha value is -3.32. The third-order valence-corrected chi connectivity index (χ3v) is 5.79. The number of aromatic nitrogens is 3. The molecule has 1 saturated heterocycles. The largest absolute Gasteiger partial charge is 0.467 e. The van der Waals surface area contributed by atoms with Crippen LogP contribution in [-0.2, 0) is 17.8 Å². The monoisotopic (exact) mass is 431 g/mol. The molecule has 0 N–H and O–H groups in total. The van der Waals surface area contributed by atoms with Gasteiger partial charge in [0.25, 0.3) is 0 Å². The Bertz CT molecular complexity index is 1030. The highest BCUT2D eigenvalue weighted by Crippen LogP contribution is 2.23. The van der Waals surface area contributed by atoms with Crippen molar-refractivity contribution in [1.29, 1.82) is 0 Å². The van der Waals surface area contributed by atoms with E-state index in [1.165, 1.54) is 0 Å². The molecule has 1 fully saturated rings. The maximum Gasteiger partial charge on any atom is 0.316 e. The minimum absolute atomic E-state index is 0.194. The zero-order chi connectivity index (χ0) is 22.3. The van der Waals surface area contributed by atoms with Gasteiger partial charge in [0.15, 0.2) is 0 Å². The first-order valence-electron chi connectivity index (χ1n) is 11.0. The Morgan fingerprint density at radius 3 is 2.56 bits per heavy atom. The van der Waals surface area contributed by atoms with Crippen LogP contribution in [0.5, 0.6) is 6.01 Å². The number of rotatable bonds is 8. The molecule has 7 heteroatoms. The number of benzene rings is 1. The number of amides is 1. The molecule has 0 radical (unpaired) electrons. The first kappa shape index (κ1) is 21.9. The Kier molecular flexibility index (Phi) is 7.07. The van der Waals surface area contributed by atoms with Crippen molar-refractivity contribution in [2.75, 3.05) is 26.7 Å². The van der Waals surface area contributed by atoms with Crippen molar-refractivity contribution < 1.29 is 9.53 Å². The molecule has 0 bridgehead atoms. The van der Waals surface area contributed by atoms with Crippen LogP contribution in [0.15, 0.2) is 61.2 Å². The van der Waals surface area contributed by atoms with Crippen LogP contribution in [0, 0.1) is 0 Å². The van der Waals surface area contributed by atoms with E-state index in [9.17, 15) is 4.79 Å². The minimum Gasteiger partial charge on any atom is -0.467 e. The van der Waals surface area contributed by atoms with Gasteiger partial charge in [0, 0.05) is 56.5 Å². The van der Waals surface area contributed by atoms with E-state index >= 15 is 0 Å². The number of hydrogen-bond acceptors (Lipinski definition) is 6. The lowest BCUT2D eigenvalue weighted by Crippen LogP contribution is -2.57. The quantitative estimate of drug-likeness (QED) is 0.545. The normalized spacial score (nSPS) is 16.9. The fourth-order valence-corrected chi connectivity index (χ4v) is 4.18. The fraction of sp³-hybridized carbons (Fsp3) is 0.360. The summed E-state index contributed by atoms with van der Waals surface area (Å²) in [5.74, 6) is 0.194. The summed E-state index contributed by atoms with van der Waals surface area (Å²) in [5, 5.41) is 0. The van der Waals surface area contributed by atoms with Gasteiger partial charge in [-0.05, 0) is 35.6 Å². The topological polar surface area (TPSA) is 71.5 Å². The number of carbonyl (C=O) groups excluding carboxylic acids is 1. The van der Waals surface area contributed by atoms with Gasteiger partial charge >= 0.3 is 6.01 Å². The molecule has 3 aromatic rings. The molecule has 1 amide bonds. The molecule has 166 valence electrons. The molecule has 0 aliphatic carbocycles. The molecule has 0 saturated carbocycles. The van der Waals surface area contributed by atoms with Crippen molar-refractivity contribution in [2.45, 2.75) is 32.4 Å². The molecule has 32 heavy (non-hydrogen) atoms. The Balaban J connectivity index is 1.57. The number of ether oxygens (including phenoxy) is 1. The molecular formula is C25H29N5O2. The third-order valence-electron chi connectivity index (χ3n) is 5.79. The van der Waals surface area contributed by atoms with Crippen LogP contribution in [0.1, 0.15) is 24.5 Å². The Labute approximate surface area is 189 Å². The zero-order valence-corrected chi connectivity index (χ0v) is 18.6. The van der Waals surface area contributed by atoms with Gasteiger partial charge in [-0.2, -0.15) is 0 Å². The van der Waals surface area contributed by atoms with Crippen molar-refractivity contribution in [3.05, 3.63) is 72.3 Å². The third kappa shape index (κ3) is 5.11. The van der Waals surface area contributed by atoms with E-state index in [1.807, 2.05) is 17.2 Å². The number of piperazine rings is 1. The van der Waals surface area contributed by atoms with E-state index < -0.39 is 0 Å². The molecule has 3 heterocycles. The molecule has 0 unspecified atom stereocenters. The molecule has 1 aromatic carbocycles. The summed E-state index contributed by atoms with van der Waals surface area (Å²) in [4.78, 5) is 30.3. The van der Waals surface area contributed by atoms with E-state index in [-0.39, 0.29) is 11.9 Å². The lowest BCUT2D eigenvalue weighted by molar-refractivity contribution is -0.142. The highest BCUT2D eigenvalue weighted by atomic mass is 16.5. The lowest BCUT2D eigenvalue weighted by atomic mass is 9.97. The van der Waals surface area contributed by atoms with E-state index in [2.05, 4.69) is 57.1 Å². The summed E-state index contributed by atoms with van der Waals surface area (Å²) in [7, 11) is 1.55. The highest BCUT2D eigenvalue weighted by molar-refractivity contribution is 5.83. The van der Waals surface area contributed by atoms with E-state index in [0.717, 1.165) is 48.3 Å². The Morgan fingerprint density at radius 1 is 1.03 bits per heavy atom. The number of carbonyl (C=O) groups is 1. The second kappa shape index (κ2) is 10.3. The van der Waals surface area contributed by atoms with Crippen molar-refractivity contribution in [3.63, 3.8) is 0 Å². The molecular weight excluding hydrogens is 402 g/mol. The van der Waals surface area contributed by atoms with Crippen LogP contribution in [0.2, 0.25) is 0 Å². The van der Waals surface area contributed by atoms with Crippen LogP contribution in [0.4, 0.5) is 0 Å². The van der Waals surface area contributed by atoms with Gasteiger partial charge in [0.2, 0.25) is 5.91 Å². The average molecular weight is 432 g/mol. The summed E-state index contributed by atoms with van der Waals surface area (Å²) in [5.41, 5.74) is 4.29. The minimum atomic E-state index is -0.221. The van der Waals surface area contributed by atoms with Crippen LogP contribution < -0.4 is 4.74 Å². The highest BCUT2D eigenvalue weighted by Gasteiger charge is 2.34. The molecule has 0 spiro atoms. The summed E-state index contributed by atoms with van der Waals surface area (Å²) in [6.07, 6.45) is 8.80. The van der Waals surface area contributed by atoms with Crippen LogP contribution in [0.25, 0.3) is 11.1 Å². The first-order chi connectivity index (χ1) is 15.7. The van der Waals surface area contributed by atoms with E-state index in [0.29, 0.717) is 19.0 Å². The van der Waals surface area contributed by atoms with Crippen LogP contribution >= 0.6 is 0 Å². The predicted molar refractivity (Wildman–Crippen MR) is 123 cm³/mol. The van der Waals surface area contributed by atoms with Crippen molar-refractivity contribution >= 4 is 5.91 Å². The molecule has 1 aliphatic heterocycles. The van der Waals surface area contributed by atoms with Crippen LogP contribution in [-0.4, -0.2) is 63.4 Å². The fourth-order valence-electron chi connectivity index (χ4n) is 4.18. The SMILES string of the molecule is CCCN1CCN(Cc2cnc(OC)nc2)[C@@H](Cc2cccc(-c3cccnc3)c2)C1=O. The van der Waals surface area contributed by atoms with Crippen LogP contribution in [0.3, 0.4) is 0 Å². The number of methoxy groups -OCH3 is 1. The van der Waals surface area contributed by atoms with Gasteiger partial charge in [-0.3, -0.25) is 14.7 Å². The van der Waals surface area contributed by atoms with E-state index in [1.54, 1.807) is 25.7 Å². The van der Waals surface area contributed by atoms with Crippen molar-refractivity contribution in [2.24, 2.45) is 0 Å². The summed E-state index contributed by atoms with van der Waals surface area (Å²) in [6.45, 7) is 5.11. The molecule has 4 rings (SSSR count). The maximum absolute atomic E-state index is 13.4. The molecule has 2 aromatic heterocycles. The van der Waals surface area contributed by atoms with Gasteiger partial charge in [-0.25, -0.2) is 9.97 Å². The first-order valence-corrected chi connectivity index (χ1v) is 11.0. The van der Waals surface area contributed by atoms with Gasteiger partial charge < -0.3 is 9.64 Å². The summed E-state index contributed by atoms with van der Waals surface area (Å²) < 4.78 is 5.06. The van der Waals surface area contributed by atoms with Gasteiger partial charge in [-0.15, -0.1) is 0 Å². The number of hydrogen-bond donors (Lipinski definition) is 0. The van der Waals surface area contributed by atoms with Gasteiger partial charge in [-0.1, -0.05) is 37.3 Å². The smallest absolute Gasteiger partial charge is 0.316 e. The standard InChI is InChI=1S/C25H29N5O2/c1-3-10-29-11-12-30(18-20-15-27-25(32-2)28-16-20)23(24(29)31)14-19-6-4-7-21(13-19)22-8-5-9-26-17-22/h4-9,13,15-17,23H,3,10-12,14,18H2,1-2H3/t23-/m0/s1. The number of pyridine rings is 1. The Morgan fingerprint density at radius 2 is 1.84 bits per heavy atom.